The van der Waals surface area contributed by atoms with Gasteiger partial charge in [0.25, 0.3) is 6.47 Å². The van der Waals surface area contributed by atoms with E-state index in [1.54, 1.807) is 67.8 Å². The lowest BCUT2D eigenvalue weighted by Gasteiger charge is -2.63. The van der Waals surface area contributed by atoms with Crippen LogP contribution < -0.4 is 52.6 Å². The summed E-state index contributed by atoms with van der Waals surface area (Å²) in [6.45, 7) is 8.43. The number of β-amino-alcohol motifs (C(OH)–C–C–N with tert-alkyl or cyclic N) is 1. The number of nitrogens with zero attached hydrogens (tertiary/aromatic N) is 3. The zero-order valence-corrected chi connectivity index (χ0v) is 74.3. The van der Waals surface area contributed by atoms with Gasteiger partial charge in [-0.25, -0.2) is 14.4 Å². The first kappa shape index (κ1) is 99.2. The molecule has 5 aliphatic rings. The van der Waals surface area contributed by atoms with Crippen molar-refractivity contribution in [3.8, 4) is 5.75 Å². The number of anilines is 1. The largest absolute Gasteiger partial charge is 0.496 e. The lowest BCUT2D eigenvalue weighted by molar-refractivity contribution is -0.201. The Bertz CT molecular complexity index is 4890. The van der Waals surface area contributed by atoms with E-state index in [2.05, 4.69) is 88.8 Å². The number of fused-ring (bicyclic) bond motifs is 4. The number of aliphatic hydroxyl groups is 3. The van der Waals surface area contributed by atoms with Crippen molar-refractivity contribution in [2.24, 2.45) is 23.0 Å². The molecule has 1 saturated carbocycles. The van der Waals surface area contributed by atoms with Crippen LogP contribution in [0.15, 0.2) is 109 Å². The molecule has 5 aromatic rings. The number of carbonyl (C=O) groups excluding carboxylic acids is 10. The third-order valence-corrected chi connectivity index (χ3v) is 28.2. The number of aromatic amines is 1. The number of alkyl carbamates (subject to hydrolysis) is 1. The van der Waals surface area contributed by atoms with Gasteiger partial charge in [-0.05, 0) is 99.2 Å². The molecule has 1 saturated heterocycles. The molecule has 1 aliphatic carbocycles. The molecule has 10 rings (SSSR count). The Balaban J connectivity index is 0.724. The molecule has 128 heavy (non-hydrogen) atoms. The predicted molar refractivity (Wildman–Crippen MR) is 473 cm³/mol. The summed E-state index contributed by atoms with van der Waals surface area (Å²) in [7, 11) is 5.50. The van der Waals surface area contributed by atoms with Crippen molar-refractivity contribution in [1.29, 1.82) is 0 Å². The quantitative estimate of drug-likeness (QED) is 0.00836. The zero-order valence-electron chi connectivity index (χ0n) is 72.6. The molecule has 38 heteroatoms. The molecule has 15 atom stereocenters. The van der Waals surface area contributed by atoms with Crippen LogP contribution in [0.25, 0.3) is 10.9 Å². The number of rotatable bonds is 51. The molecular weight excluding hydrogens is 1700 g/mol. The Morgan fingerprint density at radius 2 is 1.41 bits per heavy atom. The van der Waals surface area contributed by atoms with Crippen LogP contribution >= 0.6 is 21.6 Å². The van der Waals surface area contributed by atoms with Gasteiger partial charge in [0.05, 0.1) is 61.7 Å². The number of H-pyrrole nitrogens is 1. The lowest BCUT2D eigenvalue weighted by Crippen LogP contribution is -2.81. The number of nitrogens with one attached hydrogen (secondary N) is 8. The van der Waals surface area contributed by atoms with Crippen molar-refractivity contribution in [3.63, 3.8) is 0 Å². The van der Waals surface area contributed by atoms with Crippen molar-refractivity contribution < 1.29 is 117 Å². The van der Waals surface area contributed by atoms with Crippen LogP contribution in [0.5, 0.6) is 5.75 Å². The van der Waals surface area contributed by atoms with Gasteiger partial charge in [0.15, 0.2) is 29.2 Å². The number of carbonyl (C=O) groups is 14. The SMILES string of the molecule is CCCCC(O)(CC)CN1CCc2c([nH]c3ccccc23)[C@@]1(C)c1cc2c(cc1OC)N(C)C1[C@]23CCN2CC=C[C@@](CC)([C@@H](O)[C@]1(O)C(=O)CNC(=O)OCCSSCC(CC(=O)[C@H](CC(=O)O)NC(=O)[C@@H](N)CNC(=O)[C@@H](CC(=O)[C@H](Cc1ccccc1)NC(=O)CCNC(=O)CC[C@H](NC(=O)N[C@@H](CCC(=O)O)OC=O)C(=O)O)Cc1ccccc1)C(=O)O)[C@H]23. The molecule has 694 valence electrons. The second-order valence-corrected chi connectivity index (χ2v) is 36.3. The normalized spacial score (nSPS) is 22.3. The maximum atomic E-state index is 15.4. The number of methoxy groups -OCH3 is 1. The van der Waals surface area contributed by atoms with E-state index in [9.17, 15) is 93.0 Å². The molecule has 5 heterocycles. The van der Waals surface area contributed by atoms with Gasteiger partial charge in [-0.15, -0.1) is 0 Å². The number of nitrogens with two attached hydrogens (primary N) is 1. The first-order valence-corrected chi connectivity index (χ1v) is 45.7. The number of hydrogen-bond donors (Lipinski definition) is 16. The fourth-order valence-corrected chi connectivity index (χ4v) is 21.3. The molecule has 0 bridgehead atoms. The molecule has 4 aromatic carbocycles. The van der Waals surface area contributed by atoms with E-state index in [0.29, 0.717) is 74.4 Å². The van der Waals surface area contributed by atoms with Crippen LogP contribution in [0.4, 0.5) is 15.3 Å². The maximum absolute atomic E-state index is 15.4. The molecule has 3 unspecified atom stereocenters. The van der Waals surface area contributed by atoms with Crippen LogP contribution in [0.2, 0.25) is 0 Å². The monoisotopic (exact) mass is 1810 g/mol. The molecule has 2 fully saturated rings. The highest BCUT2D eigenvalue weighted by Gasteiger charge is 2.78. The number of aromatic nitrogens is 1. The number of ether oxygens (including phenoxy) is 3. The van der Waals surface area contributed by atoms with Crippen molar-refractivity contribution in [2.45, 2.75) is 208 Å². The number of unbranched alkanes of at least 4 members (excludes halogenated alkanes) is 1. The van der Waals surface area contributed by atoms with Crippen LogP contribution in [0, 0.1) is 17.3 Å². The molecule has 1 spiro atoms. The Kier molecular flexibility index (Phi) is 34.4. The second-order valence-electron chi connectivity index (χ2n) is 33.7. The van der Waals surface area contributed by atoms with Crippen molar-refractivity contribution in [3.05, 3.63) is 143 Å². The smallest absolute Gasteiger partial charge is 0.407 e. The Morgan fingerprint density at radius 3 is 2.07 bits per heavy atom. The number of hydrogen-bond acceptors (Lipinski definition) is 26. The summed E-state index contributed by atoms with van der Waals surface area (Å²) in [6.07, 6.45) is -0.155. The van der Waals surface area contributed by atoms with E-state index in [1.807, 2.05) is 56.1 Å². The van der Waals surface area contributed by atoms with Crippen molar-refractivity contribution >= 4 is 122 Å². The van der Waals surface area contributed by atoms with E-state index in [-0.39, 0.29) is 56.8 Å². The van der Waals surface area contributed by atoms with Crippen LogP contribution in [0.1, 0.15) is 151 Å². The summed E-state index contributed by atoms with van der Waals surface area (Å²) in [4.78, 5) is 193. The summed E-state index contributed by atoms with van der Waals surface area (Å²) in [5, 5.41) is 95.9. The van der Waals surface area contributed by atoms with Gasteiger partial charge in [-0.3, -0.25) is 62.5 Å². The highest BCUT2D eigenvalue weighted by atomic mass is 33.1. The second kappa shape index (κ2) is 44.3. The minimum absolute atomic E-state index is 0.0342. The Labute approximate surface area is 748 Å². The van der Waals surface area contributed by atoms with Crippen LogP contribution in [-0.2, 0) is 97.2 Å². The fourth-order valence-electron chi connectivity index (χ4n) is 19.1. The van der Waals surface area contributed by atoms with E-state index in [4.69, 9.17) is 20.3 Å². The average molecular weight is 1820 g/mol. The van der Waals surface area contributed by atoms with E-state index >= 15 is 4.79 Å². The number of aliphatic hydroxyl groups excluding tert-OH is 1. The predicted octanol–water partition coefficient (Wildman–Crippen LogP) is 4.52. The minimum atomic E-state index is -2.52. The van der Waals surface area contributed by atoms with Gasteiger partial charge >= 0.3 is 36.0 Å². The summed E-state index contributed by atoms with van der Waals surface area (Å²) >= 11 is 0. The van der Waals surface area contributed by atoms with Crippen LogP contribution in [-0.4, -0.2) is 272 Å². The van der Waals surface area contributed by atoms with Gasteiger partial charge in [0.2, 0.25) is 23.6 Å². The van der Waals surface area contributed by atoms with Crippen LogP contribution in [0.3, 0.4) is 0 Å². The standard InChI is InChI=1S/C90H118N12O24S2/c1-7-10-32-87(122,8-2)51-102-37-31-58-57-24-17-18-25-62(57)96-76(58)86(102,4)60-45-59-66(47-69(60)124-6)100(5)82-89(59)34-38-101-36-19-33-88(9-3,81(89)101)83(119)90(82,123)70(106)49-94-85(121)125-39-40-127-128-50-56(79(115)116)44-68(105)65(46-75(111)112)97-78(114)61(91)48-93-77(113)55(41-53-20-13-11-14-21-53)43-67(104)64(42-54-22-15-12-16-23-54)95-72(108)30-35-92-71(107)27-26-63(80(117)118)98-84(120)99-73(126-52-103)28-29-74(109)110/h11-25,33,45,47,52,55-56,61,63-65,73,81-83,96,119,122-123H,7-10,26-32,34-44,46,48-51,91H2,1-6H3,(H,92,107)(H,93,113)(H,94,121)(H,95,108)(H,97,114)(H,109,110)(H,111,112)(H,115,116)(H,117,118)(H2,98,99,120)/t55-,56?,61+,63+,64+,65+,73-,81+,82?,83-,86-,87?,88-,89-,90+/m1/s1. The summed E-state index contributed by atoms with van der Waals surface area (Å²) in [5.41, 5.74) is 6.39. The van der Waals surface area contributed by atoms with Gasteiger partial charge in [-0.2, -0.15) is 0 Å². The fraction of sp³-hybridized carbons (Fsp3) is 0.533. The number of Topliss-reactive ketones (excluding diaryl/α,β-unsaturated/α-hetero) is 3. The number of carboxylic acid groups (broad SMARTS) is 4. The number of ketones is 3. The molecule has 36 nitrogen and oxygen atoms in total. The zero-order chi connectivity index (χ0) is 93.0. The lowest BCUT2D eigenvalue weighted by atomic mass is 9.47. The summed E-state index contributed by atoms with van der Waals surface area (Å²) < 4.78 is 16.6. The van der Waals surface area contributed by atoms with Gasteiger partial charge < -0.3 is 103 Å². The Morgan fingerprint density at radius 1 is 0.727 bits per heavy atom. The number of aliphatic carboxylic acids is 4. The average Bonchev–Trinajstić information content (AvgIpc) is 1.47. The van der Waals surface area contributed by atoms with Crippen molar-refractivity contribution in [2.75, 3.05) is 83.0 Å². The van der Waals surface area contributed by atoms with Gasteiger partial charge in [0, 0.05) is 140 Å². The molecule has 1 aromatic heterocycles. The topological polar surface area (TPSA) is 544 Å². The summed E-state index contributed by atoms with van der Waals surface area (Å²) in [5.74, 6) is -13.7. The van der Waals surface area contributed by atoms with E-state index in [0.717, 1.165) is 74.1 Å². The third kappa shape index (κ3) is 22.8. The third-order valence-electron chi connectivity index (χ3n) is 25.7. The first-order valence-electron chi connectivity index (χ1n) is 43.2. The number of likely N-dealkylation sites (N-methyl/N-ethyl adjacent to an activating group) is 1. The Hall–Kier alpha value is -11.0. The number of para-hydroxylation sites is 1. The number of carboxylic acids is 4. The molecular formula is C90H118N12O24S2. The van der Waals surface area contributed by atoms with Gasteiger partial charge in [0.1, 0.15) is 30.5 Å². The highest BCUT2D eigenvalue weighted by Crippen LogP contribution is 2.68. The van der Waals surface area contributed by atoms with E-state index in [1.165, 1.54) is 0 Å². The van der Waals surface area contributed by atoms with E-state index < -0.39 is 217 Å². The molecule has 0 radical (unpaired) electrons. The maximum Gasteiger partial charge on any atom is 0.407 e. The van der Waals surface area contributed by atoms with Gasteiger partial charge in [-0.1, -0.05) is 146 Å². The molecule has 7 amide bonds. The number of benzene rings is 4. The molecule has 17 N–H and O–H groups in total. The summed E-state index contributed by atoms with van der Waals surface area (Å²) in [6, 6.07) is 20.5. The number of urea groups is 1. The first-order chi connectivity index (χ1) is 61.1. The molecule has 4 aliphatic heterocycles. The number of amides is 7. The minimum Gasteiger partial charge on any atom is -0.496 e. The van der Waals surface area contributed by atoms with Crippen molar-refractivity contribution in [1.82, 2.24) is 52.0 Å². The highest BCUT2D eigenvalue weighted by molar-refractivity contribution is 8.76.